The second kappa shape index (κ2) is 8.58. The second-order valence-corrected chi connectivity index (χ2v) is 7.88. The summed E-state index contributed by atoms with van der Waals surface area (Å²) in [6.45, 7) is 0.530. The van der Waals surface area contributed by atoms with Gasteiger partial charge in [0.05, 0.1) is 35.9 Å². The Morgan fingerprint density at radius 2 is 1.57 bits per heavy atom. The van der Waals surface area contributed by atoms with E-state index in [0.29, 0.717) is 40.1 Å². The van der Waals surface area contributed by atoms with Crippen molar-refractivity contribution in [2.24, 2.45) is 0 Å². The molecular weight excluding hydrogens is 421 g/mol. The molecule has 1 amide bonds. The molecule has 0 bridgehead atoms. The summed E-state index contributed by atoms with van der Waals surface area (Å²) in [4.78, 5) is 15.4. The van der Waals surface area contributed by atoms with Crippen molar-refractivity contribution < 1.29 is 14.3 Å². The first-order valence-corrected chi connectivity index (χ1v) is 10.4. The standard InChI is InChI=1S/C24H21Cl2NO3/c1-29-20-13-16-11-12-27(24(28)22-18(25)9-6-10-19(22)26)23(15-7-4-3-5-8-15)17(16)14-21(20)30-2/h3-10,13-14,23H,11-12H2,1-2H3. The lowest BCUT2D eigenvalue weighted by molar-refractivity contribution is 0.0694. The van der Waals surface area contributed by atoms with Crippen LogP contribution in [0.4, 0.5) is 0 Å². The summed E-state index contributed by atoms with van der Waals surface area (Å²) in [5, 5.41) is 0.690. The number of amides is 1. The van der Waals surface area contributed by atoms with E-state index in [-0.39, 0.29) is 11.9 Å². The topological polar surface area (TPSA) is 38.8 Å². The fourth-order valence-corrected chi connectivity index (χ4v) is 4.56. The Morgan fingerprint density at radius 1 is 0.933 bits per heavy atom. The number of nitrogens with zero attached hydrogens (tertiary/aromatic N) is 1. The summed E-state index contributed by atoms with van der Waals surface area (Å²) in [6, 6.07) is 18.7. The third-order valence-corrected chi connectivity index (χ3v) is 6.06. The van der Waals surface area contributed by atoms with Gasteiger partial charge in [-0.2, -0.15) is 0 Å². The van der Waals surface area contributed by atoms with Crippen LogP contribution in [-0.4, -0.2) is 31.6 Å². The van der Waals surface area contributed by atoms with E-state index in [1.807, 2.05) is 47.4 Å². The van der Waals surface area contributed by atoms with Crippen molar-refractivity contribution >= 4 is 29.1 Å². The Balaban J connectivity index is 1.87. The van der Waals surface area contributed by atoms with Crippen LogP contribution in [0.15, 0.2) is 60.7 Å². The van der Waals surface area contributed by atoms with Crippen molar-refractivity contribution in [1.29, 1.82) is 0 Å². The molecule has 0 spiro atoms. The van der Waals surface area contributed by atoms with Gasteiger partial charge in [-0.3, -0.25) is 4.79 Å². The van der Waals surface area contributed by atoms with Gasteiger partial charge in [0, 0.05) is 6.54 Å². The van der Waals surface area contributed by atoms with Crippen LogP contribution in [0.3, 0.4) is 0 Å². The Kier molecular flexibility index (Phi) is 5.89. The molecule has 0 aromatic heterocycles. The first kappa shape index (κ1) is 20.6. The van der Waals surface area contributed by atoms with E-state index in [4.69, 9.17) is 32.7 Å². The molecule has 1 aliphatic rings. The third-order valence-electron chi connectivity index (χ3n) is 5.43. The highest BCUT2D eigenvalue weighted by molar-refractivity contribution is 6.39. The van der Waals surface area contributed by atoms with Gasteiger partial charge in [0.1, 0.15) is 0 Å². The smallest absolute Gasteiger partial charge is 0.257 e. The van der Waals surface area contributed by atoms with Gasteiger partial charge in [0.25, 0.3) is 5.91 Å². The SMILES string of the molecule is COc1cc2c(cc1OC)C(c1ccccc1)N(C(=O)c1c(Cl)cccc1Cl)CC2. The number of methoxy groups -OCH3 is 2. The van der Waals surface area contributed by atoms with E-state index in [1.54, 1.807) is 32.4 Å². The van der Waals surface area contributed by atoms with Gasteiger partial charge in [0.2, 0.25) is 0 Å². The van der Waals surface area contributed by atoms with Gasteiger partial charge in [0.15, 0.2) is 11.5 Å². The zero-order valence-corrected chi connectivity index (χ0v) is 18.2. The molecule has 0 saturated heterocycles. The van der Waals surface area contributed by atoms with Crippen LogP contribution in [0, 0.1) is 0 Å². The highest BCUT2D eigenvalue weighted by Gasteiger charge is 2.35. The molecule has 0 radical (unpaired) electrons. The van der Waals surface area contributed by atoms with Gasteiger partial charge < -0.3 is 14.4 Å². The van der Waals surface area contributed by atoms with Crippen LogP contribution < -0.4 is 9.47 Å². The van der Waals surface area contributed by atoms with Crippen LogP contribution in [0.25, 0.3) is 0 Å². The number of hydrogen-bond donors (Lipinski definition) is 0. The minimum absolute atomic E-state index is 0.195. The van der Waals surface area contributed by atoms with Crippen molar-refractivity contribution in [3.8, 4) is 11.5 Å². The average molecular weight is 442 g/mol. The summed E-state index contributed by atoms with van der Waals surface area (Å²) in [7, 11) is 3.23. The summed E-state index contributed by atoms with van der Waals surface area (Å²) < 4.78 is 11.0. The van der Waals surface area contributed by atoms with E-state index in [2.05, 4.69) is 0 Å². The number of halogens is 2. The largest absolute Gasteiger partial charge is 0.493 e. The number of carbonyl (C=O) groups is 1. The summed E-state index contributed by atoms with van der Waals surface area (Å²) in [5.41, 5.74) is 3.45. The zero-order chi connectivity index (χ0) is 21.3. The molecule has 1 aliphatic heterocycles. The molecule has 6 heteroatoms. The van der Waals surface area contributed by atoms with Gasteiger partial charge in [-0.1, -0.05) is 59.6 Å². The molecule has 0 N–H and O–H groups in total. The first-order valence-electron chi connectivity index (χ1n) is 9.60. The molecule has 1 unspecified atom stereocenters. The molecular formula is C24H21Cl2NO3. The van der Waals surface area contributed by atoms with Crippen molar-refractivity contribution in [3.05, 3.63) is 93.0 Å². The number of benzene rings is 3. The molecule has 0 aliphatic carbocycles. The monoisotopic (exact) mass is 441 g/mol. The van der Waals surface area contributed by atoms with Crippen LogP contribution >= 0.6 is 23.2 Å². The highest BCUT2D eigenvalue weighted by Crippen LogP contribution is 2.42. The Morgan fingerprint density at radius 3 is 2.20 bits per heavy atom. The van der Waals surface area contributed by atoms with Crippen LogP contribution in [-0.2, 0) is 6.42 Å². The molecule has 1 heterocycles. The molecule has 4 nitrogen and oxygen atoms in total. The number of rotatable bonds is 4. The van der Waals surface area contributed by atoms with E-state index in [1.165, 1.54) is 0 Å². The maximum absolute atomic E-state index is 13.6. The lowest BCUT2D eigenvalue weighted by atomic mass is 9.87. The minimum Gasteiger partial charge on any atom is -0.493 e. The van der Waals surface area contributed by atoms with E-state index in [9.17, 15) is 4.79 Å². The molecule has 0 saturated carbocycles. The quantitative estimate of drug-likeness (QED) is 0.513. The van der Waals surface area contributed by atoms with E-state index in [0.717, 1.165) is 16.7 Å². The van der Waals surface area contributed by atoms with Gasteiger partial charge in [-0.15, -0.1) is 0 Å². The van der Waals surface area contributed by atoms with Crippen LogP contribution in [0.5, 0.6) is 11.5 Å². The molecule has 4 rings (SSSR count). The number of carbonyl (C=O) groups excluding carboxylic acids is 1. The van der Waals surface area contributed by atoms with Gasteiger partial charge in [-0.05, 0) is 47.4 Å². The predicted octanol–water partition coefficient (Wildman–Crippen LogP) is 5.80. The zero-order valence-electron chi connectivity index (χ0n) is 16.7. The predicted molar refractivity (Wildman–Crippen MR) is 119 cm³/mol. The van der Waals surface area contributed by atoms with Gasteiger partial charge in [-0.25, -0.2) is 0 Å². The lowest BCUT2D eigenvalue weighted by Gasteiger charge is -2.38. The normalized spacial score (nSPS) is 15.5. The van der Waals surface area contributed by atoms with Crippen LogP contribution in [0.2, 0.25) is 10.0 Å². The number of ether oxygens (including phenoxy) is 2. The Labute approximate surface area is 185 Å². The van der Waals surface area contributed by atoms with E-state index >= 15 is 0 Å². The number of fused-ring (bicyclic) bond motifs is 1. The second-order valence-electron chi connectivity index (χ2n) is 7.06. The molecule has 3 aromatic carbocycles. The van der Waals surface area contributed by atoms with Crippen molar-refractivity contribution in [2.75, 3.05) is 20.8 Å². The van der Waals surface area contributed by atoms with E-state index < -0.39 is 0 Å². The molecule has 3 aromatic rings. The fourth-order valence-electron chi connectivity index (χ4n) is 4.01. The van der Waals surface area contributed by atoms with Crippen molar-refractivity contribution in [3.63, 3.8) is 0 Å². The van der Waals surface area contributed by atoms with Crippen LogP contribution in [0.1, 0.15) is 33.1 Å². The summed E-state index contributed by atoms with van der Waals surface area (Å²) in [5.74, 6) is 1.11. The first-order chi connectivity index (χ1) is 14.5. The van der Waals surface area contributed by atoms with Crippen molar-refractivity contribution in [1.82, 2.24) is 4.90 Å². The number of hydrogen-bond acceptors (Lipinski definition) is 3. The van der Waals surface area contributed by atoms with Crippen molar-refractivity contribution in [2.45, 2.75) is 12.5 Å². The molecule has 0 fully saturated rings. The third kappa shape index (κ3) is 3.62. The Bertz CT molecular complexity index is 1070. The molecule has 1 atom stereocenters. The lowest BCUT2D eigenvalue weighted by Crippen LogP contribution is -2.41. The maximum atomic E-state index is 13.6. The maximum Gasteiger partial charge on any atom is 0.257 e. The molecule has 30 heavy (non-hydrogen) atoms. The fraction of sp³-hybridized carbons (Fsp3) is 0.208. The summed E-state index contributed by atoms with van der Waals surface area (Å²) >= 11 is 12.7. The minimum atomic E-state index is -0.297. The average Bonchev–Trinajstić information content (AvgIpc) is 2.77. The Hall–Kier alpha value is -2.69. The highest BCUT2D eigenvalue weighted by atomic mass is 35.5. The molecule has 154 valence electrons. The van der Waals surface area contributed by atoms with Gasteiger partial charge >= 0.3 is 0 Å². The summed E-state index contributed by atoms with van der Waals surface area (Å²) in [6.07, 6.45) is 0.687.